The molecule has 1 atom stereocenters. The first-order valence-corrected chi connectivity index (χ1v) is 28.1. The van der Waals surface area contributed by atoms with Crippen LogP contribution in [0, 0.1) is 0 Å². The molecule has 0 spiro atoms. The maximum Gasteiger partial charge on any atom is 0.306 e. The maximum absolute atomic E-state index is 12.8. The van der Waals surface area contributed by atoms with Gasteiger partial charge >= 0.3 is 17.9 Å². The Balaban J connectivity index is 4.36. The van der Waals surface area contributed by atoms with E-state index >= 15 is 0 Å². The van der Waals surface area contributed by atoms with Gasteiger partial charge in [0, 0.05) is 19.3 Å². The van der Waals surface area contributed by atoms with E-state index in [1.807, 2.05) is 0 Å². The molecule has 0 rings (SSSR count). The number of carbonyl (C=O) groups excluding carboxylic acids is 3. The molecule has 0 amide bonds. The van der Waals surface area contributed by atoms with Gasteiger partial charge in [-0.3, -0.25) is 14.4 Å². The fourth-order valence-corrected chi connectivity index (χ4v) is 8.03. The number of hydrogen-bond donors (Lipinski definition) is 0. The van der Waals surface area contributed by atoms with Crippen LogP contribution in [0.2, 0.25) is 0 Å². The predicted molar refractivity (Wildman–Crippen MR) is 279 cm³/mol. The summed E-state index contributed by atoms with van der Waals surface area (Å²) in [5.74, 6) is -0.887. The molecule has 0 aromatic rings. The highest BCUT2D eigenvalue weighted by atomic mass is 16.6. The molecule has 0 N–H and O–H groups in total. The van der Waals surface area contributed by atoms with E-state index < -0.39 is 6.10 Å². The van der Waals surface area contributed by atoms with Gasteiger partial charge in [0.15, 0.2) is 6.10 Å². The monoisotopic (exact) mass is 911 g/mol. The smallest absolute Gasteiger partial charge is 0.306 e. The molecule has 0 aliphatic heterocycles. The van der Waals surface area contributed by atoms with Gasteiger partial charge in [0.1, 0.15) is 13.2 Å². The minimum atomic E-state index is -0.779. The van der Waals surface area contributed by atoms with Gasteiger partial charge in [-0.25, -0.2) is 0 Å². The van der Waals surface area contributed by atoms with E-state index in [0.29, 0.717) is 19.3 Å². The topological polar surface area (TPSA) is 78.9 Å². The van der Waals surface area contributed by atoms with Gasteiger partial charge in [-0.15, -0.1) is 0 Å². The van der Waals surface area contributed by atoms with Crippen molar-refractivity contribution in [3.63, 3.8) is 0 Å². The normalized spacial score (nSPS) is 12.4. The van der Waals surface area contributed by atoms with Gasteiger partial charge in [0.25, 0.3) is 0 Å². The lowest BCUT2D eigenvalue weighted by Crippen LogP contribution is -2.30. The fraction of sp³-hybridized carbons (Fsp3) is 0.814. The second-order valence-electron chi connectivity index (χ2n) is 18.8. The van der Waals surface area contributed by atoms with E-state index in [1.54, 1.807) is 0 Å². The van der Waals surface area contributed by atoms with E-state index in [-0.39, 0.29) is 31.1 Å². The molecule has 0 saturated heterocycles. The standard InChI is InChI=1S/C59H106O6/c1-4-7-10-13-16-19-22-25-27-29-30-31-33-34-37-40-43-46-49-52-58(61)64-55-56(54-63-57(60)51-48-45-42-39-36-24-21-18-15-12-9-6-3)65-59(62)53-50-47-44-41-38-35-32-28-26-23-20-17-14-11-8-5-2/h16,18-19,21,25,27,30-31,56H,4-15,17,20,22-24,26,28-29,32-55H2,1-3H3/b19-16-,21-18-,27-25-,31-30-. The molecule has 0 saturated carbocycles. The third kappa shape index (κ3) is 52.2. The lowest BCUT2D eigenvalue weighted by Gasteiger charge is -2.18. The molecule has 0 bridgehead atoms. The Morgan fingerprint density at radius 3 is 0.908 bits per heavy atom. The van der Waals surface area contributed by atoms with Crippen molar-refractivity contribution in [3.05, 3.63) is 48.6 Å². The number of rotatable bonds is 51. The molecule has 0 aliphatic rings. The minimum Gasteiger partial charge on any atom is -0.462 e. The highest BCUT2D eigenvalue weighted by Crippen LogP contribution is 2.16. The van der Waals surface area contributed by atoms with Crippen molar-refractivity contribution >= 4 is 17.9 Å². The average molecular weight is 911 g/mol. The Kier molecular flexibility index (Phi) is 51.8. The van der Waals surface area contributed by atoms with Gasteiger partial charge in [0.2, 0.25) is 0 Å². The van der Waals surface area contributed by atoms with Gasteiger partial charge in [-0.05, 0) is 83.5 Å². The van der Waals surface area contributed by atoms with Crippen LogP contribution in [0.25, 0.3) is 0 Å². The van der Waals surface area contributed by atoms with E-state index in [0.717, 1.165) is 83.5 Å². The van der Waals surface area contributed by atoms with Crippen LogP contribution in [0.15, 0.2) is 48.6 Å². The van der Waals surface area contributed by atoms with Crippen LogP contribution in [0.5, 0.6) is 0 Å². The fourth-order valence-electron chi connectivity index (χ4n) is 8.03. The van der Waals surface area contributed by atoms with Gasteiger partial charge in [0.05, 0.1) is 0 Å². The zero-order chi connectivity index (χ0) is 47.2. The van der Waals surface area contributed by atoms with Gasteiger partial charge in [-0.1, -0.05) is 236 Å². The first-order chi connectivity index (χ1) is 32.0. The van der Waals surface area contributed by atoms with Crippen molar-refractivity contribution in [2.75, 3.05) is 13.2 Å². The largest absolute Gasteiger partial charge is 0.462 e. The predicted octanol–water partition coefficient (Wildman–Crippen LogP) is 18.7. The van der Waals surface area contributed by atoms with E-state index in [4.69, 9.17) is 14.2 Å². The minimum absolute atomic E-state index is 0.0792. The van der Waals surface area contributed by atoms with Crippen LogP contribution < -0.4 is 0 Å². The number of unbranched alkanes of at least 4 members (excludes halogenated alkanes) is 32. The first-order valence-electron chi connectivity index (χ1n) is 28.1. The summed E-state index contributed by atoms with van der Waals surface area (Å²) in [7, 11) is 0. The summed E-state index contributed by atoms with van der Waals surface area (Å²) in [4.78, 5) is 38.1. The van der Waals surface area contributed by atoms with Crippen LogP contribution in [0.1, 0.15) is 290 Å². The molecule has 65 heavy (non-hydrogen) atoms. The Morgan fingerprint density at radius 1 is 0.308 bits per heavy atom. The van der Waals surface area contributed by atoms with Gasteiger partial charge in [-0.2, -0.15) is 0 Å². The van der Waals surface area contributed by atoms with Crippen LogP contribution in [-0.2, 0) is 28.6 Å². The molecule has 6 heteroatoms. The van der Waals surface area contributed by atoms with Crippen molar-refractivity contribution in [2.45, 2.75) is 297 Å². The molecular weight excluding hydrogens is 805 g/mol. The Morgan fingerprint density at radius 2 is 0.554 bits per heavy atom. The molecule has 0 aromatic carbocycles. The van der Waals surface area contributed by atoms with Crippen molar-refractivity contribution < 1.29 is 28.6 Å². The summed E-state index contributed by atoms with van der Waals surface area (Å²) in [6.07, 6.45) is 65.2. The lowest BCUT2D eigenvalue weighted by atomic mass is 10.0. The third-order valence-corrected chi connectivity index (χ3v) is 12.3. The Hall–Kier alpha value is -2.63. The van der Waals surface area contributed by atoms with Crippen molar-refractivity contribution in [1.82, 2.24) is 0 Å². The number of carbonyl (C=O) groups is 3. The number of hydrogen-bond acceptors (Lipinski definition) is 6. The van der Waals surface area contributed by atoms with Crippen molar-refractivity contribution in [1.29, 1.82) is 0 Å². The number of esters is 3. The quantitative estimate of drug-likeness (QED) is 0.0262. The molecular formula is C59H106O6. The average Bonchev–Trinajstić information content (AvgIpc) is 3.30. The van der Waals surface area contributed by atoms with E-state index in [1.165, 1.54) is 167 Å². The number of allylic oxidation sites excluding steroid dienone is 8. The third-order valence-electron chi connectivity index (χ3n) is 12.3. The van der Waals surface area contributed by atoms with Gasteiger partial charge < -0.3 is 14.2 Å². The molecule has 0 fully saturated rings. The van der Waals surface area contributed by atoms with Crippen LogP contribution >= 0.6 is 0 Å². The second-order valence-corrected chi connectivity index (χ2v) is 18.8. The van der Waals surface area contributed by atoms with Crippen LogP contribution in [-0.4, -0.2) is 37.2 Å². The van der Waals surface area contributed by atoms with Crippen LogP contribution in [0.3, 0.4) is 0 Å². The van der Waals surface area contributed by atoms with Crippen molar-refractivity contribution in [3.8, 4) is 0 Å². The zero-order valence-electron chi connectivity index (χ0n) is 43.3. The highest BCUT2D eigenvalue weighted by molar-refractivity contribution is 5.71. The van der Waals surface area contributed by atoms with E-state index in [2.05, 4.69) is 69.4 Å². The molecule has 0 radical (unpaired) electrons. The summed E-state index contributed by atoms with van der Waals surface area (Å²) in [5.41, 5.74) is 0. The molecule has 378 valence electrons. The summed E-state index contributed by atoms with van der Waals surface area (Å²) in [6.45, 7) is 6.60. The second kappa shape index (κ2) is 54.0. The van der Waals surface area contributed by atoms with E-state index in [9.17, 15) is 14.4 Å². The molecule has 0 aromatic heterocycles. The highest BCUT2D eigenvalue weighted by Gasteiger charge is 2.19. The first kappa shape index (κ1) is 62.4. The lowest BCUT2D eigenvalue weighted by molar-refractivity contribution is -0.167. The Labute approximate surface area is 403 Å². The summed E-state index contributed by atoms with van der Waals surface area (Å²) >= 11 is 0. The number of ether oxygens (including phenoxy) is 3. The summed E-state index contributed by atoms with van der Waals surface area (Å²) in [5, 5.41) is 0. The molecule has 0 aliphatic carbocycles. The Bertz CT molecular complexity index is 1140. The summed E-state index contributed by atoms with van der Waals surface area (Å²) < 4.78 is 16.8. The maximum atomic E-state index is 12.8. The SMILES string of the molecule is CCCCC/C=C\C/C=C\C/C=C\CCCCCCCCC(=O)OCC(COC(=O)CCCCCCC/C=C\CCCCC)OC(=O)CCCCCCCCCCCCCCCCCC. The van der Waals surface area contributed by atoms with Crippen molar-refractivity contribution in [2.24, 2.45) is 0 Å². The molecule has 6 nitrogen and oxygen atoms in total. The van der Waals surface area contributed by atoms with Crippen LogP contribution in [0.4, 0.5) is 0 Å². The summed E-state index contributed by atoms with van der Waals surface area (Å²) in [6, 6.07) is 0. The molecule has 0 heterocycles. The zero-order valence-corrected chi connectivity index (χ0v) is 43.3. The molecule has 1 unspecified atom stereocenters.